The topological polar surface area (TPSA) is 36.4 Å². The molecule has 2 heterocycles. The van der Waals surface area contributed by atoms with Gasteiger partial charge in [0.1, 0.15) is 0 Å². The molecule has 1 aromatic rings. The van der Waals surface area contributed by atoms with Gasteiger partial charge in [-0.15, -0.1) is 11.3 Å². The molecule has 3 nitrogen and oxygen atoms in total. The first-order chi connectivity index (χ1) is 8.72. The number of hydrogen-bond acceptors (Lipinski definition) is 4. The second-order valence-electron chi connectivity index (χ2n) is 5.79. The summed E-state index contributed by atoms with van der Waals surface area (Å²) in [4.78, 5) is 8.45. The average Bonchev–Trinajstić information content (AvgIpc) is 3.11. The van der Waals surface area contributed by atoms with Crippen LogP contribution in [0.4, 0.5) is 0 Å². The van der Waals surface area contributed by atoms with Crippen LogP contribution in [0.15, 0.2) is 6.20 Å². The lowest BCUT2D eigenvalue weighted by Gasteiger charge is -2.32. The van der Waals surface area contributed by atoms with Crippen molar-refractivity contribution in [1.82, 2.24) is 9.88 Å². The monoisotopic (exact) mass is 266 g/mol. The van der Waals surface area contributed by atoms with Crippen molar-refractivity contribution in [2.24, 2.45) is 5.92 Å². The first-order valence-corrected chi connectivity index (χ1v) is 7.89. The molecule has 1 aliphatic carbocycles. The van der Waals surface area contributed by atoms with Gasteiger partial charge >= 0.3 is 0 Å². The fourth-order valence-corrected chi connectivity index (χ4v) is 3.86. The molecule has 1 aliphatic heterocycles. The van der Waals surface area contributed by atoms with E-state index in [0.717, 1.165) is 38.4 Å². The number of thiazole rings is 1. The highest BCUT2D eigenvalue weighted by Gasteiger charge is 2.27. The van der Waals surface area contributed by atoms with Gasteiger partial charge in [0.05, 0.1) is 11.1 Å². The molecule has 0 radical (unpaired) electrons. The molecule has 0 bridgehead atoms. The van der Waals surface area contributed by atoms with E-state index in [1.165, 1.54) is 22.7 Å². The Labute approximate surface area is 113 Å². The molecular formula is C14H22N2OS. The van der Waals surface area contributed by atoms with Crippen LogP contribution in [0.1, 0.15) is 48.4 Å². The minimum absolute atomic E-state index is 0.142. The predicted molar refractivity (Wildman–Crippen MR) is 73.8 cm³/mol. The fraction of sp³-hybridized carbons (Fsp3) is 0.786. The molecule has 100 valence electrons. The summed E-state index contributed by atoms with van der Waals surface area (Å²) in [6, 6.07) is 0. The average molecular weight is 266 g/mol. The zero-order valence-corrected chi connectivity index (χ0v) is 11.8. The van der Waals surface area contributed by atoms with Gasteiger partial charge in [0.2, 0.25) is 0 Å². The Morgan fingerprint density at radius 1 is 1.39 bits per heavy atom. The highest BCUT2D eigenvalue weighted by atomic mass is 32.1. The van der Waals surface area contributed by atoms with Gasteiger partial charge in [-0.3, -0.25) is 4.90 Å². The van der Waals surface area contributed by atoms with Gasteiger partial charge < -0.3 is 5.11 Å². The summed E-state index contributed by atoms with van der Waals surface area (Å²) in [6.07, 6.45) is 6.87. The van der Waals surface area contributed by atoms with Gasteiger partial charge in [-0.05, 0) is 51.6 Å². The van der Waals surface area contributed by atoms with E-state index in [-0.39, 0.29) is 6.10 Å². The van der Waals surface area contributed by atoms with E-state index in [1.54, 1.807) is 0 Å². The molecule has 2 fully saturated rings. The third-order valence-corrected chi connectivity index (χ3v) is 5.34. The van der Waals surface area contributed by atoms with E-state index >= 15 is 0 Å². The Morgan fingerprint density at radius 3 is 2.72 bits per heavy atom. The Morgan fingerprint density at radius 2 is 2.11 bits per heavy atom. The second kappa shape index (κ2) is 5.27. The van der Waals surface area contributed by atoms with Gasteiger partial charge in [-0.1, -0.05) is 0 Å². The quantitative estimate of drug-likeness (QED) is 0.910. The molecular weight excluding hydrogens is 244 g/mol. The van der Waals surface area contributed by atoms with Crippen molar-refractivity contribution < 1.29 is 5.11 Å². The maximum atomic E-state index is 9.60. The van der Waals surface area contributed by atoms with Gasteiger partial charge in [-0.2, -0.15) is 0 Å². The van der Waals surface area contributed by atoms with Crippen LogP contribution in [0.3, 0.4) is 0 Å². The molecule has 1 N–H and O–H groups in total. The molecule has 2 aliphatic rings. The molecule has 18 heavy (non-hydrogen) atoms. The molecule has 1 atom stereocenters. The van der Waals surface area contributed by atoms with Crippen LogP contribution in [0, 0.1) is 5.92 Å². The van der Waals surface area contributed by atoms with Gasteiger partial charge in [0, 0.05) is 23.5 Å². The summed E-state index contributed by atoms with van der Waals surface area (Å²) >= 11 is 1.90. The number of aliphatic hydroxyl groups excluding tert-OH is 1. The highest BCUT2D eigenvalue weighted by molar-refractivity contribution is 7.11. The number of likely N-dealkylation sites (tertiary alicyclic amines) is 1. The highest BCUT2D eigenvalue weighted by Crippen LogP contribution is 2.41. The standard InChI is InChI=1S/C14H22N2OS/c1-10(17)11-4-6-16(7-5-11)9-13-8-15-14(18-13)12-2-3-12/h8,10-12,17H,2-7,9H2,1H3. The summed E-state index contributed by atoms with van der Waals surface area (Å²) < 4.78 is 0. The third-order valence-electron chi connectivity index (χ3n) is 4.19. The van der Waals surface area contributed by atoms with Crippen LogP contribution in [-0.2, 0) is 6.54 Å². The Kier molecular flexibility index (Phi) is 3.68. The lowest BCUT2D eigenvalue weighted by atomic mass is 9.92. The third kappa shape index (κ3) is 2.92. The first-order valence-electron chi connectivity index (χ1n) is 7.07. The van der Waals surface area contributed by atoms with Gasteiger partial charge in [-0.25, -0.2) is 4.98 Å². The molecule has 1 aromatic heterocycles. The van der Waals surface area contributed by atoms with Crippen LogP contribution >= 0.6 is 11.3 Å². The predicted octanol–water partition coefficient (Wildman–Crippen LogP) is 2.61. The number of piperidine rings is 1. The second-order valence-corrected chi connectivity index (χ2v) is 6.94. The van der Waals surface area contributed by atoms with Crippen LogP contribution in [0.25, 0.3) is 0 Å². The van der Waals surface area contributed by atoms with Crippen molar-refractivity contribution in [3.63, 3.8) is 0 Å². The number of rotatable bonds is 4. The van der Waals surface area contributed by atoms with E-state index in [4.69, 9.17) is 0 Å². The van der Waals surface area contributed by atoms with Crippen molar-refractivity contribution in [1.29, 1.82) is 0 Å². The maximum Gasteiger partial charge on any atom is 0.0959 e. The molecule has 1 saturated carbocycles. The Hall–Kier alpha value is -0.450. The van der Waals surface area contributed by atoms with Crippen molar-refractivity contribution in [3.05, 3.63) is 16.1 Å². The van der Waals surface area contributed by atoms with Crippen LogP contribution in [-0.4, -0.2) is 34.2 Å². The molecule has 3 rings (SSSR count). The first kappa shape index (κ1) is 12.6. The summed E-state index contributed by atoms with van der Waals surface area (Å²) in [5, 5.41) is 10.9. The van der Waals surface area contributed by atoms with E-state index < -0.39 is 0 Å². The summed E-state index contributed by atoms with van der Waals surface area (Å²) in [6.45, 7) is 5.21. The zero-order valence-electron chi connectivity index (χ0n) is 11.0. The van der Waals surface area contributed by atoms with E-state index in [9.17, 15) is 5.11 Å². The summed E-state index contributed by atoms with van der Waals surface area (Å²) in [7, 11) is 0. The van der Waals surface area contributed by atoms with Crippen molar-refractivity contribution in [2.45, 2.75) is 51.2 Å². The number of aliphatic hydroxyl groups is 1. The maximum absolute atomic E-state index is 9.60. The number of aromatic nitrogens is 1. The zero-order chi connectivity index (χ0) is 12.5. The summed E-state index contributed by atoms with van der Waals surface area (Å²) in [5.41, 5.74) is 0. The minimum Gasteiger partial charge on any atom is -0.393 e. The Bertz CT molecular complexity index is 392. The van der Waals surface area contributed by atoms with Crippen LogP contribution in [0.5, 0.6) is 0 Å². The van der Waals surface area contributed by atoms with E-state index in [2.05, 4.69) is 16.1 Å². The molecule has 0 aromatic carbocycles. The van der Waals surface area contributed by atoms with Crippen molar-refractivity contribution in [2.75, 3.05) is 13.1 Å². The van der Waals surface area contributed by atoms with Crippen LogP contribution in [0.2, 0.25) is 0 Å². The minimum atomic E-state index is -0.142. The Balaban J connectivity index is 1.50. The number of hydrogen-bond donors (Lipinski definition) is 1. The van der Waals surface area contributed by atoms with Gasteiger partial charge in [0.15, 0.2) is 0 Å². The fourth-order valence-electron chi connectivity index (χ4n) is 2.73. The van der Waals surface area contributed by atoms with Crippen molar-refractivity contribution >= 4 is 11.3 Å². The van der Waals surface area contributed by atoms with Crippen molar-refractivity contribution in [3.8, 4) is 0 Å². The lowest BCUT2D eigenvalue weighted by molar-refractivity contribution is 0.0698. The lowest BCUT2D eigenvalue weighted by Crippen LogP contribution is -2.36. The molecule has 4 heteroatoms. The van der Waals surface area contributed by atoms with E-state index in [1.807, 2.05) is 18.3 Å². The molecule has 1 unspecified atom stereocenters. The largest absolute Gasteiger partial charge is 0.393 e. The number of nitrogens with zero attached hydrogens (tertiary/aromatic N) is 2. The van der Waals surface area contributed by atoms with Gasteiger partial charge in [0.25, 0.3) is 0 Å². The smallest absolute Gasteiger partial charge is 0.0959 e. The molecule has 0 amide bonds. The van der Waals surface area contributed by atoms with Crippen LogP contribution < -0.4 is 0 Å². The SMILES string of the molecule is CC(O)C1CCN(Cc2cnc(C3CC3)s2)CC1. The molecule has 1 saturated heterocycles. The summed E-state index contributed by atoms with van der Waals surface area (Å²) in [5.74, 6) is 1.29. The molecule has 0 spiro atoms. The van der Waals surface area contributed by atoms with E-state index in [0.29, 0.717) is 5.92 Å². The normalized spacial score (nSPS) is 24.3.